The molecule has 1 amide bonds. The largest absolute Gasteiger partial charge is 0.328 e. The Kier molecular flexibility index (Phi) is 5.85. The van der Waals surface area contributed by atoms with Crippen molar-refractivity contribution >= 4 is 45.5 Å². The summed E-state index contributed by atoms with van der Waals surface area (Å²) in [6, 6.07) is 12.2. The third-order valence-electron chi connectivity index (χ3n) is 3.73. The van der Waals surface area contributed by atoms with Crippen LogP contribution in [0.3, 0.4) is 0 Å². The van der Waals surface area contributed by atoms with Crippen LogP contribution in [0.4, 0.5) is 20.9 Å². The third-order valence-corrected chi connectivity index (χ3v) is 5.70. The number of rotatable bonds is 6. The molecule has 0 aliphatic rings. The lowest BCUT2D eigenvalue weighted by molar-refractivity contribution is -0.113. The maximum atomic E-state index is 13.6. The molecule has 0 bridgehead atoms. The van der Waals surface area contributed by atoms with Crippen LogP contribution in [0, 0.1) is 19.7 Å². The number of para-hydroxylation sites is 1. The van der Waals surface area contributed by atoms with Gasteiger partial charge in [-0.15, -0.1) is 10.2 Å². The van der Waals surface area contributed by atoms with Crippen LogP contribution in [0.2, 0.25) is 0 Å². The molecule has 3 rings (SSSR count). The van der Waals surface area contributed by atoms with Crippen molar-refractivity contribution in [3.63, 3.8) is 0 Å². The Hall–Kier alpha value is -2.45. The lowest BCUT2D eigenvalue weighted by Gasteiger charge is -2.09. The Bertz CT molecular complexity index is 929. The minimum Gasteiger partial charge on any atom is -0.328 e. The van der Waals surface area contributed by atoms with E-state index < -0.39 is 0 Å². The maximum absolute atomic E-state index is 13.6. The van der Waals surface area contributed by atoms with E-state index in [4.69, 9.17) is 0 Å². The summed E-state index contributed by atoms with van der Waals surface area (Å²) in [5.41, 5.74) is 3.34. The molecule has 0 saturated heterocycles. The second-order valence-corrected chi connectivity index (χ2v) is 7.76. The van der Waals surface area contributed by atoms with Crippen LogP contribution < -0.4 is 10.6 Å². The molecule has 3 aromatic rings. The van der Waals surface area contributed by atoms with Crippen molar-refractivity contribution in [2.24, 2.45) is 0 Å². The van der Waals surface area contributed by atoms with Crippen LogP contribution in [-0.4, -0.2) is 21.9 Å². The molecule has 0 aliphatic heterocycles. The number of carbonyl (C=O) groups excluding carboxylic acids is 1. The normalized spacial score (nSPS) is 10.6. The molecule has 2 N–H and O–H groups in total. The predicted octanol–water partition coefficient (Wildman–Crippen LogP) is 4.77. The highest BCUT2D eigenvalue weighted by Crippen LogP contribution is 2.28. The van der Waals surface area contributed by atoms with Gasteiger partial charge in [0, 0.05) is 5.69 Å². The Morgan fingerprint density at radius 3 is 2.69 bits per heavy atom. The van der Waals surface area contributed by atoms with E-state index in [9.17, 15) is 9.18 Å². The Morgan fingerprint density at radius 1 is 1.12 bits per heavy atom. The number of hydrogen-bond acceptors (Lipinski definition) is 6. The van der Waals surface area contributed by atoms with Gasteiger partial charge in [-0.2, -0.15) is 0 Å². The summed E-state index contributed by atoms with van der Waals surface area (Å²) in [6.45, 7) is 3.98. The van der Waals surface area contributed by atoms with Crippen LogP contribution >= 0.6 is 23.1 Å². The van der Waals surface area contributed by atoms with Crippen LogP contribution in [0.5, 0.6) is 0 Å². The van der Waals surface area contributed by atoms with E-state index in [0.29, 0.717) is 15.2 Å². The number of anilines is 3. The SMILES string of the molecule is Cc1cccc(NC(=O)CSc2nnc(Nc3ccccc3F)s2)c1C. The van der Waals surface area contributed by atoms with Gasteiger partial charge < -0.3 is 10.6 Å². The standard InChI is InChI=1S/C18H17FN4OS2/c1-11-6-5-9-14(12(11)2)20-16(24)10-25-18-23-22-17(26-18)21-15-8-4-3-7-13(15)19/h3-9H,10H2,1-2H3,(H,20,24)(H,21,22). The summed E-state index contributed by atoms with van der Waals surface area (Å²) >= 11 is 2.57. The van der Waals surface area contributed by atoms with Gasteiger partial charge in [-0.25, -0.2) is 4.39 Å². The van der Waals surface area contributed by atoms with E-state index >= 15 is 0 Å². The van der Waals surface area contributed by atoms with Gasteiger partial charge in [0.25, 0.3) is 0 Å². The monoisotopic (exact) mass is 388 g/mol. The van der Waals surface area contributed by atoms with Gasteiger partial charge in [0.05, 0.1) is 11.4 Å². The van der Waals surface area contributed by atoms with Gasteiger partial charge in [-0.05, 0) is 43.2 Å². The van der Waals surface area contributed by atoms with Gasteiger partial charge in [-0.1, -0.05) is 47.4 Å². The van der Waals surface area contributed by atoms with Gasteiger partial charge in [0.15, 0.2) is 4.34 Å². The number of hydrogen-bond donors (Lipinski definition) is 2. The van der Waals surface area contributed by atoms with Gasteiger partial charge >= 0.3 is 0 Å². The van der Waals surface area contributed by atoms with E-state index in [1.165, 1.54) is 29.2 Å². The van der Waals surface area contributed by atoms with Crippen molar-refractivity contribution in [3.8, 4) is 0 Å². The first-order chi connectivity index (χ1) is 12.5. The molecule has 26 heavy (non-hydrogen) atoms. The number of nitrogens with zero attached hydrogens (tertiary/aromatic N) is 2. The smallest absolute Gasteiger partial charge is 0.234 e. The zero-order valence-corrected chi connectivity index (χ0v) is 15.9. The fourth-order valence-corrected chi connectivity index (χ4v) is 3.76. The van der Waals surface area contributed by atoms with Crippen molar-refractivity contribution in [3.05, 3.63) is 59.4 Å². The summed E-state index contributed by atoms with van der Waals surface area (Å²) in [7, 11) is 0. The zero-order valence-electron chi connectivity index (χ0n) is 14.2. The molecular formula is C18H17FN4OS2. The molecule has 134 valence electrons. The highest BCUT2D eigenvalue weighted by molar-refractivity contribution is 8.01. The van der Waals surface area contributed by atoms with E-state index in [0.717, 1.165) is 16.8 Å². The molecular weight excluding hydrogens is 371 g/mol. The Morgan fingerprint density at radius 2 is 1.88 bits per heavy atom. The summed E-state index contributed by atoms with van der Waals surface area (Å²) in [4.78, 5) is 12.2. The van der Waals surface area contributed by atoms with Crippen LogP contribution in [0.1, 0.15) is 11.1 Å². The molecule has 0 saturated carbocycles. The fourth-order valence-electron chi connectivity index (χ4n) is 2.20. The molecule has 1 aromatic heterocycles. The zero-order chi connectivity index (χ0) is 18.5. The number of carbonyl (C=O) groups is 1. The highest BCUT2D eigenvalue weighted by Gasteiger charge is 2.11. The quantitative estimate of drug-likeness (QED) is 0.596. The first-order valence-electron chi connectivity index (χ1n) is 7.87. The summed E-state index contributed by atoms with van der Waals surface area (Å²) < 4.78 is 14.3. The lowest BCUT2D eigenvalue weighted by atomic mass is 10.1. The molecule has 0 atom stereocenters. The number of aryl methyl sites for hydroxylation is 1. The first-order valence-corrected chi connectivity index (χ1v) is 9.67. The number of benzene rings is 2. The first kappa shape index (κ1) is 18.3. The van der Waals surface area contributed by atoms with Gasteiger partial charge in [-0.3, -0.25) is 4.79 Å². The molecule has 0 spiro atoms. The average molecular weight is 388 g/mol. The predicted molar refractivity (Wildman–Crippen MR) is 105 cm³/mol. The highest BCUT2D eigenvalue weighted by atomic mass is 32.2. The minimum absolute atomic E-state index is 0.109. The van der Waals surface area contributed by atoms with Crippen LogP contribution in [-0.2, 0) is 4.79 Å². The summed E-state index contributed by atoms with van der Waals surface area (Å²) in [5, 5.41) is 14.3. The van der Waals surface area contributed by atoms with Crippen LogP contribution in [0.25, 0.3) is 0 Å². The van der Waals surface area contributed by atoms with E-state index in [1.807, 2.05) is 32.0 Å². The molecule has 2 aromatic carbocycles. The number of nitrogens with one attached hydrogen (secondary N) is 2. The van der Waals surface area contributed by atoms with Crippen molar-refractivity contribution in [2.75, 3.05) is 16.4 Å². The van der Waals surface area contributed by atoms with Crippen LogP contribution in [0.15, 0.2) is 46.8 Å². The number of halogens is 1. The lowest BCUT2D eigenvalue weighted by Crippen LogP contribution is -2.15. The van der Waals surface area contributed by atoms with E-state index in [2.05, 4.69) is 20.8 Å². The second-order valence-electron chi connectivity index (χ2n) is 5.56. The molecule has 0 radical (unpaired) electrons. The maximum Gasteiger partial charge on any atom is 0.234 e. The fraction of sp³-hybridized carbons (Fsp3) is 0.167. The summed E-state index contributed by atoms with van der Waals surface area (Å²) in [5.74, 6) is -0.242. The minimum atomic E-state index is -0.357. The van der Waals surface area contributed by atoms with Gasteiger partial charge in [0.1, 0.15) is 5.82 Å². The summed E-state index contributed by atoms with van der Waals surface area (Å²) in [6.07, 6.45) is 0. The molecule has 5 nitrogen and oxygen atoms in total. The molecule has 8 heteroatoms. The molecule has 0 aliphatic carbocycles. The number of thioether (sulfide) groups is 1. The Balaban J connectivity index is 1.55. The van der Waals surface area contributed by atoms with Gasteiger partial charge in [0.2, 0.25) is 11.0 Å². The molecule has 0 unspecified atom stereocenters. The molecule has 1 heterocycles. The topological polar surface area (TPSA) is 66.9 Å². The van der Waals surface area contributed by atoms with Crippen molar-refractivity contribution in [1.29, 1.82) is 0 Å². The third kappa shape index (κ3) is 4.59. The van der Waals surface area contributed by atoms with Crippen molar-refractivity contribution in [1.82, 2.24) is 10.2 Å². The number of amides is 1. The van der Waals surface area contributed by atoms with E-state index in [-0.39, 0.29) is 17.5 Å². The number of aromatic nitrogens is 2. The molecule has 0 fully saturated rings. The van der Waals surface area contributed by atoms with E-state index in [1.54, 1.807) is 18.2 Å². The average Bonchev–Trinajstić information content (AvgIpc) is 3.07. The Labute approximate surface area is 159 Å². The van der Waals surface area contributed by atoms with Crippen molar-refractivity contribution < 1.29 is 9.18 Å². The van der Waals surface area contributed by atoms with Crippen molar-refractivity contribution in [2.45, 2.75) is 18.2 Å². The second kappa shape index (κ2) is 8.29.